The molecule has 1 fully saturated rings. The fraction of sp³-hybridized carbons (Fsp3) is 1.00. The van der Waals surface area contributed by atoms with Gasteiger partial charge in [0.25, 0.3) is 0 Å². The van der Waals surface area contributed by atoms with Crippen molar-refractivity contribution in [2.75, 3.05) is 6.61 Å². The van der Waals surface area contributed by atoms with Crippen LogP contribution in [0.2, 0.25) is 0 Å². The van der Waals surface area contributed by atoms with Gasteiger partial charge in [-0.25, -0.2) is 0 Å². The SMILES string of the molecule is CC[C@@]1(O)OC[C@H](O)[C@H](O)[C@H]1O. The van der Waals surface area contributed by atoms with Gasteiger partial charge in [0, 0.05) is 6.42 Å². The minimum Gasteiger partial charge on any atom is -0.388 e. The Morgan fingerprint density at radius 1 is 1.42 bits per heavy atom. The van der Waals surface area contributed by atoms with E-state index in [2.05, 4.69) is 0 Å². The second-order valence-corrected chi connectivity index (χ2v) is 3.01. The van der Waals surface area contributed by atoms with E-state index in [9.17, 15) is 15.3 Å². The number of aliphatic hydroxyl groups is 4. The summed E-state index contributed by atoms with van der Waals surface area (Å²) in [6.07, 6.45) is -3.76. The highest BCUT2D eigenvalue weighted by Gasteiger charge is 2.46. The molecule has 5 heteroatoms. The first-order valence-corrected chi connectivity index (χ1v) is 3.92. The Hall–Kier alpha value is -0.200. The largest absolute Gasteiger partial charge is 0.388 e. The van der Waals surface area contributed by atoms with Crippen molar-refractivity contribution in [2.24, 2.45) is 0 Å². The van der Waals surface area contributed by atoms with E-state index < -0.39 is 24.1 Å². The van der Waals surface area contributed by atoms with Crippen LogP contribution in [0.15, 0.2) is 0 Å². The minimum atomic E-state index is -1.72. The van der Waals surface area contributed by atoms with Crippen molar-refractivity contribution in [3.63, 3.8) is 0 Å². The van der Waals surface area contributed by atoms with E-state index in [1.807, 2.05) is 0 Å². The number of rotatable bonds is 1. The second-order valence-electron chi connectivity index (χ2n) is 3.01. The summed E-state index contributed by atoms with van der Waals surface area (Å²) in [5.74, 6) is -1.72. The molecule has 0 saturated carbocycles. The Bertz CT molecular complexity index is 162. The molecular weight excluding hydrogens is 164 g/mol. The van der Waals surface area contributed by atoms with Gasteiger partial charge in [-0.1, -0.05) is 6.92 Å². The normalized spacial score (nSPS) is 49.2. The van der Waals surface area contributed by atoms with Crippen LogP contribution >= 0.6 is 0 Å². The number of aliphatic hydroxyl groups excluding tert-OH is 3. The molecule has 4 atom stereocenters. The molecule has 0 bridgehead atoms. The van der Waals surface area contributed by atoms with Crippen LogP contribution in [-0.2, 0) is 4.74 Å². The number of hydrogen-bond donors (Lipinski definition) is 4. The molecule has 0 aliphatic carbocycles. The van der Waals surface area contributed by atoms with Crippen molar-refractivity contribution in [2.45, 2.75) is 37.4 Å². The zero-order chi connectivity index (χ0) is 9.35. The molecule has 5 nitrogen and oxygen atoms in total. The number of hydrogen-bond acceptors (Lipinski definition) is 5. The van der Waals surface area contributed by atoms with Crippen LogP contribution in [0.5, 0.6) is 0 Å². The third kappa shape index (κ3) is 1.46. The van der Waals surface area contributed by atoms with Crippen molar-refractivity contribution >= 4 is 0 Å². The molecule has 1 saturated heterocycles. The quantitative estimate of drug-likeness (QED) is 0.380. The predicted octanol–water partition coefficient (Wildman–Crippen LogP) is -1.80. The van der Waals surface area contributed by atoms with E-state index >= 15 is 0 Å². The highest BCUT2D eigenvalue weighted by Crippen LogP contribution is 2.26. The van der Waals surface area contributed by atoms with E-state index in [4.69, 9.17) is 9.84 Å². The standard InChI is InChI=1S/C7H14O5/c1-2-7(11)6(10)5(9)4(8)3-12-7/h4-6,8-11H,2-3H2,1H3/t4-,5-,6+,7+/m0/s1. The monoisotopic (exact) mass is 178 g/mol. The highest BCUT2D eigenvalue weighted by molar-refractivity contribution is 4.90. The lowest BCUT2D eigenvalue weighted by molar-refractivity contribution is -0.321. The molecule has 1 heterocycles. The summed E-state index contributed by atoms with van der Waals surface area (Å²) in [6.45, 7) is 1.45. The average Bonchev–Trinajstić information content (AvgIpc) is 2.09. The van der Waals surface area contributed by atoms with Crippen molar-refractivity contribution in [1.82, 2.24) is 0 Å². The maximum atomic E-state index is 9.49. The van der Waals surface area contributed by atoms with Gasteiger partial charge in [0.05, 0.1) is 6.61 Å². The lowest BCUT2D eigenvalue weighted by Crippen LogP contribution is -2.60. The smallest absolute Gasteiger partial charge is 0.194 e. The van der Waals surface area contributed by atoms with Crippen LogP contribution in [0.4, 0.5) is 0 Å². The van der Waals surface area contributed by atoms with Gasteiger partial charge in [0.15, 0.2) is 5.79 Å². The zero-order valence-corrected chi connectivity index (χ0v) is 6.84. The van der Waals surface area contributed by atoms with E-state index in [0.29, 0.717) is 0 Å². The lowest BCUT2D eigenvalue weighted by atomic mass is 9.95. The van der Waals surface area contributed by atoms with E-state index in [-0.39, 0.29) is 13.0 Å². The first kappa shape index (κ1) is 9.88. The van der Waals surface area contributed by atoms with Crippen LogP contribution in [0.25, 0.3) is 0 Å². The van der Waals surface area contributed by atoms with Gasteiger partial charge in [0.2, 0.25) is 0 Å². The van der Waals surface area contributed by atoms with Crippen LogP contribution < -0.4 is 0 Å². The molecule has 0 spiro atoms. The first-order chi connectivity index (χ1) is 5.51. The molecular formula is C7H14O5. The second kappa shape index (κ2) is 3.27. The molecule has 1 aliphatic rings. The van der Waals surface area contributed by atoms with Gasteiger partial charge in [-0.15, -0.1) is 0 Å². The van der Waals surface area contributed by atoms with Crippen LogP contribution in [0.1, 0.15) is 13.3 Å². The maximum absolute atomic E-state index is 9.49. The van der Waals surface area contributed by atoms with E-state index in [1.54, 1.807) is 6.92 Å². The van der Waals surface area contributed by atoms with Crippen molar-refractivity contribution in [3.05, 3.63) is 0 Å². The molecule has 1 aliphatic heterocycles. The molecule has 0 amide bonds. The third-order valence-corrected chi connectivity index (χ3v) is 2.19. The summed E-state index contributed by atoms with van der Waals surface area (Å²) in [5.41, 5.74) is 0. The summed E-state index contributed by atoms with van der Waals surface area (Å²) in [5, 5.41) is 37.0. The van der Waals surface area contributed by atoms with Gasteiger partial charge in [-0.05, 0) is 0 Å². The Balaban J connectivity index is 2.71. The highest BCUT2D eigenvalue weighted by atomic mass is 16.6. The first-order valence-electron chi connectivity index (χ1n) is 3.92. The Kier molecular flexibility index (Phi) is 2.70. The lowest BCUT2D eigenvalue weighted by Gasteiger charge is -2.41. The van der Waals surface area contributed by atoms with Gasteiger partial charge >= 0.3 is 0 Å². The van der Waals surface area contributed by atoms with Crippen molar-refractivity contribution < 1.29 is 25.2 Å². The summed E-state index contributed by atoms with van der Waals surface area (Å²) < 4.78 is 4.81. The fourth-order valence-corrected chi connectivity index (χ4v) is 1.20. The van der Waals surface area contributed by atoms with Crippen LogP contribution in [0, 0.1) is 0 Å². The number of ether oxygens (including phenoxy) is 1. The van der Waals surface area contributed by atoms with Gasteiger partial charge < -0.3 is 25.2 Å². The Labute approximate surface area is 70.2 Å². The molecule has 4 N–H and O–H groups in total. The molecule has 0 aromatic heterocycles. The molecule has 0 aromatic rings. The maximum Gasteiger partial charge on any atom is 0.194 e. The summed E-state index contributed by atoms with van der Waals surface area (Å²) in [7, 11) is 0. The van der Waals surface area contributed by atoms with Gasteiger partial charge in [-0.2, -0.15) is 0 Å². The summed E-state index contributed by atoms with van der Waals surface area (Å²) >= 11 is 0. The summed E-state index contributed by atoms with van der Waals surface area (Å²) in [4.78, 5) is 0. The Morgan fingerprint density at radius 2 is 2.00 bits per heavy atom. The van der Waals surface area contributed by atoms with Gasteiger partial charge in [-0.3, -0.25) is 0 Å². The topological polar surface area (TPSA) is 90.2 Å². The summed E-state index contributed by atoms with van der Waals surface area (Å²) in [6, 6.07) is 0. The molecule has 72 valence electrons. The Morgan fingerprint density at radius 3 is 2.50 bits per heavy atom. The fourth-order valence-electron chi connectivity index (χ4n) is 1.20. The van der Waals surface area contributed by atoms with Crippen LogP contribution in [-0.4, -0.2) is 51.1 Å². The molecule has 1 rings (SSSR count). The van der Waals surface area contributed by atoms with E-state index in [0.717, 1.165) is 0 Å². The molecule has 0 unspecified atom stereocenters. The molecule has 0 aromatic carbocycles. The van der Waals surface area contributed by atoms with Crippen LogP contribution in [0.3, 0.4) is 0 Å². The van der Waals surface area contributed by atoms with Crippen molar-refractivity contribution in [3.8, 4) is 0 Å². The molecule has 12 heavy (non-hydrogen) atoms. The van der Waals surface area contributed by atoms with E-state index in [1.165, 1.54) is 0 Å². The minimum absolute atomic E-state index is 0.164. The van der Waals surface area contributed by atoms with Gasteiger partial charge in [0.1, 0.15) is 18.3 Å². The average molecular weight is 178 g/mol. The third-order valence-electron chi connectivity index (χ3n) is 2.19. The molecule has 0 radical (unpaired) electrons. The van der Waals surface area contributed by atoms with Crippen molar-refractivity contribution in [1.29, 1.82) is 0 Å². The predicted molar refractivity (Wildman–Crippen MR) is 39.2 cm³/mol. The zero-order valence-electron chi connectivity index (χ0n) is 6.84.